The van der Waals surface area contributed by atoms with Crippen molar-refractivity contribution in [1.82, 2.24) is 0 Å². The first-order chi connectivity index (χ1) is 9.18. The summed E-state index contributed by atoms with van der Waals surface area (Å²) in [5, 5.41) is 0. The SMILES string of the molecule is CO[Si](C)(CCCCCCCCCCCCS)OC. The van der Waals surface area contributed by atoms with Gasteiger partial charge in [0.15, 0.2) is 0 Å². The zero-order valence-corrected chi connectivity index (χ0v) is 15.1. The summed E-state index contributed by atoms with van der Waals surface area (Å²) in [6.45, 7) is 2.15. The molecule has 0 aliphatic carbocycles. The molecule has 0 spiro atoms. The molecule has 0 amide bonds. The van der Waals surface area contributed by atoms with Gasteiger partial charge in [0.05, 0.1) is 0 Å². The maximum atomic E-state index is 5.49. The lowest BCUT2D eigenvalue weighted by Gasteiger charge is -2.22. The molecule has 0 atom stereocenters. The zero-order chi connectivity index (χ0) is 14.4. The van der Waals surface area contributed by atoms with Crippen molar-refractivity contribution in [3.8, 4) is 0 Å². The quantitative estimate of drug-likeness (QED) is 0.271. The van der Waals surface area contributed by atoms with Crippen LogP contribution in [0.1, 0.15) is 64.2 Å². The van der Waals surface area contributed by atoms with Crippen molar-refractivity contribution >= 4 is 21.2 Å². The summed E-state index contributed by atoms with van der Waals surface area (Å²) in [5.74, 6) is 1.05. The van der Waals surface area contributed by atoms with Gasteiger partial charge in [0, 0.05) is 14.2 Å². The van der Waals surface area contributed by atoms with Crippen molar-refractivity contribution in [2.45, 2.75) is 76.8 Å². The molecule has 0 radical (unpaired) electrons. The smallest absolute Gasteiger partial charge is 0.334 e. The van der Waals surface area contributed by atoms with Gasteiger partial charge in [-0.25, -0.2) is 0 Å². The van der Waals surface area contributed by atoms with E-state index in [2.05, 4.69) is 19.2 Å². The Morgan fingerprint density at radius 2 is 1.05 bits per heavy atom. The molecule has 0 N–H and O–H groups in total. The van der Waals surface area contributed by atoms with Crippen LogP contribution in [0.5, 0.6) is 0 Å². The molecule has 19 heavy (non-hydrogen) atoms. The minimum atomic E-state index is -1.80. The van der Waals surface area contributed by atoms with Crippen LogP contribution in [0.2, 0.25) is 12.6 Å². The number of hydrogen-bond acceptors (Lipinski definition) is 3. The van der Waals surface area contributed by atoms with Gasteiger partial charge in [-0.05, 0) is 24.8 Å². The molecule has 0 aliphatic rings. The van der Waals surface area contributed by atoms with E-state index in [4.69, 9.17) is 8.85 Å². The van der Waals surface area contributed by atoms with Crippen LogP contribution in [-0.4, -0.2) is 28.5 Å². The van der Waals surface area contributed by atoms with Crippen molar-refractivity contribution < 1.29 is 8.85 Å². The molecule has 0 aliphatic heterocycles. The zero-order valence-electron chi connectivity index (χ0n) is 13.2. The Bertz CT molecular complexity index is 187. The highest BCUT2D eigenvalue weighted by molar-refractivity contribution is 7.80. The molecule has 0 heterocycles. The fraction of sp³-hybridized carbons (Fsp3) is 1.00. The molecule has 0 unspecified atom stereocenters. The van der Waals surface area contributed by atoms with Crippen molar-refractivity contribution in [3.63, 3.8) is 0 Å². The average Bonchev–Trinajstić information content (AvgIpc) is 2.44. The molecule has 0 aromatic rings. The van der Waals surface area contributed by atoms with E-state index in [9.17, 15) is 0 Å². The summed E-state index contributed by atoms with van der Waals surface area (Å²) >= 11 is 4.23. The monoisotopic (exact) mass is 306 g/mol. The number of hydrogen-bond donors (Lipinski definition) is 1. The first-order valence-electron chi connectivity index (χ1n) is 7.89. The summed E-state index contributed by atoms with van der Waals surface area (Å²) in [6, 6.07) is 1.13. The van der Waals surface area contributed by atoms with Crippen molar-refractivity contribution in [1.29, 1.82) is 0 Å². The molecule has 0 saturated carbocycles. The molecular weight excluding hydrogens is 272 g/mol. The van der Waals surface area contributed by atoms with E-state index < -0.39 is 8.56 Å². The molecule has 2 nitrogen and oxygen atoms in total. The molecular formula is C15H34O2SSi. The van der Waals surface area contributed by atoms with Gasteiger partial charge in [-0.1, -0.05) is 57.8 Å². The van der Waals surface area contributed by atoms with Crippen molar-refractivity contribution in [3.05, 3.63) is 0 Å². The van der Waals surface area contributed by atoms with Gasteiger partial charge in [0.1, 0.15) is 0 Å². The standard InChI is InChI=1S/C15H34O2SSi/c1-16-19(3,17-2)15-13-11-9-7-5-4-6-8-10-12-14-18/h18H,4-15H2,1-3H3. The summed E-state index contributed by atoms with van der Waals surface area (Å²) in [4.78, 5) is 0. The van der Waals surface area contributed by atoms with Crippen LogP contribution in [0.4, 0.5) is 0 Å². The molecule has 116 valence electrons. The summed E-state index contributed by atoms with van der Waals surface area (Å²) in [6.07, 6.45) is 13.6. The van der Waals surface area contributed by atoms with E-state index in [0.717, 1.165) is 11.8 Å². The maximum Gasteiger partial charge on any atom is 0.334 e. The average molecular weight is 307 g/mol. The van der Waals surface area contributed by atoms with Gasteiger partial charge in [0.2, 0.25) is 0 Å². The molecule has 0 rings (SSSR count). The lowest BCUT2D eigenvalue weighted by molar-refractivity contribution is 0.248. The highest BCUT2D eigenvalue weighted by Gasteiger charge is 2.27. The Kier molecular flexibility index (Phi) is 13.8. The second-order valence-corrected chi connectivity index (χ2v) is 9.58. The fourth-order valence-corrected chi connectivity index (χ4v) is 3.95. The Balaban J connectivity index is 3.19. The minimum Gasteiger partial charge on any atom is -0.398 e. The third kappa shape index (κ3) is 12.0. The Hall–Kier alpha value is 0.487. The van der Waals surface area contributed by atoms with Crippen LogP contribution in [0.15, 0.2) is 0 Å². The normalized spacial score (nSPS) is 12.0. The van der Waals surface area contributed by atoms with Gasteiger partial charge in [-0.3, -0.25) is 0 Å². The van der Waals surface area contributed by atoms with Crippen molar-refractivity contribution in [2.75, 3.05) is 20.0 Å². The van der Waals surface area contributed by atoms with E-state index in [1.165, 1.54) is 64.2 Å². The fourth-order valence-electron chi connectivity index (χ4n) is 2.26. The second kappa shape index (κ2) is 13.5. The maximum absolute atomic E-state index is 5.49. The Morgan fingerprint density at radius 3 is 1.42 bits per heavy atom. The first kappa shape index (κ1) is 19.5. The van der Waals surface area contributed by atoms with Gasteiger partial charge >= 0.3 is 8.56 Å². The Morgan fingerprint density at radius 1 is 0.684 bits per heavy atom. The first-order valence-corrected chi connectivity index (χ1v) is 11.1. The van der Waals surface area contributed by atoms with Gasteiger partial charge in [-0.15, -0.1) is 0 Å². The lowest BCUT2D eigenvalue weighted by Crippen LogP contribution is -2.35. The summed E-state index contributed by atoms with van der Waals surface area (Å²) < 4.78 is 11.0. The molecule has 0 aromatic carbocycles. The second-order valence-electron chi connectivity index (χ2n) is 5.55. The van der Waals surface area contributed by atoms with Crippen LogP contribution >= 0.6 is 12.6 Å². The van der Waals surface area contributed by atoms with Crippen LogP contribution in [0.3, 0.4) is 0 Å². The topological polar surface area (TPSA) is 18.5 Å². The minimum absolute atomic E-state index is 1.05. The predicted octanol–water partition coefficient (Wildman–Crippen LogP) is 5.18. The largest absolute Gasteiger partial charge is 0.398 e. The van der Waals surface area contributed by atoms with Gasteiger partial charge in [-0.2, -0.15) is 12.6 Å². The van der Waals surface area contributed by atoms with Crippen LogP contribution in [-0.2, 0) is 8.85 Å². The molecule has 0 fully saturated rings. The van der Waals surface area contributed by atoms with E-state index >= 15 is 0 Å². The highest BCUT2D eigenvalue weighted by atomic mass is 32.1. The number of thiol groups is 1. The summed E-state index contributed by atoms with van der Waals surface area (Å²) in [7, 11) is 1.76. The highest BCUT2D eigenvalue weighted by Crippen LogP contribution is 2.17. The van der Waals surface area contributed by atoms with E-state index in [1.807, 2.05) is 0 Å². The number of rotatable bonds is 14. The Labute approximate surface area is 127 Å². The number of unbranched alkanes of at least 4 members (excludes halogenated alkanes) is 9. The van der Waals surface area contributed by atoms with Gasteiger partial charge in [0.25, 0.3) is 0 Å². The molecule has 0 saturated heterocycles. The third-order valence-electron chi connectivity index (χ3n) is 3.90. The third-order valence-corrected chi connectivity index (χ3v) is 7.21. The van der Waals surface area contributed by atoms with Crippen LogP contribution in [0.25, 0.3) is 0 Å². The van der Waals surface area contributed by atoms with E-state index in [-0.39, 0.29) is 0 Å². The van der Waals surface area contributed by atoms with Crippen LogP contribution in [0, 0.1) is 0 Å². The lowest BCUT2D eigenvalue weighted by atomic mass is 10.1. The van der Waals surface area contributed by atoms with E-state index in [1.54, 1.807) is 14.2 Å². The van der Waals surface area contributed by atoms with Gasteiger partial charge < -0.3 is 8.85 Å². The predicted molar refractivity (Wildman–Crippen MR) is 90.5 cm³/mol. The van der Waals surface area contributed by atoms with Crippen LogP contribution < -0.4 is 0 Å². The molecule has 4 heteroatoms. The summed E-state index contributed by atoms with van der Waals surface area (Å²) in [5.41, 5.74) is 0. The molecule has 0 aromatic heterocycles. The molecule has 0 bridgehead atoms. The van der Waals surface area contributed by atoms with E-state index in [0.29, 0.717) is 0 Å². The van der Waals surface area contributed by atoms with Crippen molar-refractivity contribution in [2.24, 2.45) is 0 Å².